The maximum absolute atomic E-state index is 12.0. The monoisotopic (exact) mass is 274 g/mol. The van der Waals surface area contributed by atoms with Crippen LogP contribution >= 0.6 is 23.2 Å². The average molecular weight is 275 g/mol. The van der Waals surface area contributed by atoms with Crippen molar-refractivity contribution in [3.05, 3.63) is 33.8 Å². The molecule has 0 N–H and O–H groups in total. The fourth-order valence-corrected chi connectivity index (χ4v) is 1.66. The molecule has 0 fully saturated rings. The van der Waals surface area contributed by atoms with E-state index < -0.39 is 11.9 Å². The summed E-state index contributed by atoms with van der Waals surface area (Å²) in [5, 5.41) is 0.714. The molecule has 17 heavy (non-hydrogen) atoms. The first kappa shape index (κ1) is 14.0. The number of carbonyl (C=O) groups is 2. The lowest BCUT2D eigenvalue weighted by atomic mass is 9.96. The predicted molar refractivity (Wildman–Crippen MR) is 66.6 cm³/mol. The van der Waals surface area contributed by atoms with Crippen LogP contribution in [0.5, 0.6) is 0 Å². The average Bonchev–Trinajstić information content (AvgIpc) is 2.31. The van der Waals surface area contributed by atoms with Gasteiger partial charge in [-0.3, -0.25) is 9.59 Å². The minimum atomic E-state index is -0.445. The lowest BCUT2D eigenvalue weighted by Gasteiger charge is -2.09. The summed E-state index contributed by atoms with van der Waals surface area (Å²) < 4.78 is 4.51. The third-order valence-electron chi connectivity index (χ3n) is 2.35. The number of hydrogen-bond donors (Lipinski definition) is 0. The van der Waals surface area contributed by atoms with Crippen LogP contribution in [-0.4, -0.2) is 18.9 Å². The molecule has 0 bridgehead atoms. The first-order valence-corrected chi connectivity index (χ1v) is 5.77. The number of ketones is 1. The molecule has 0 heterocycles. The van der Waals surface area contributed by atoms with Gasteiger partial charge in [-0.2, -0.15) is 0 Å². The molecule has 0 aliphatic rings. The molecule has 0 aromatic heterocycles. The molecule has 0 saturated heterocycles. The Bertz CT molecular complexity index is 443. The van der Waals surface area contributed by atoms with Crippen LogP contribution in [0.1, 0.15) is 23.7 Å². The van der Waals surface area contributed by atoms with Crippen LogP contribution in [0.3, 0.4) is 0 Å². The zero-order chi connectivity index (χ0) is 13.0. The van der Waals surface area contributed by atoms with Crippen LogP contribution in [-0.2, 0) is 9.53 Å². The van der Waals surface area contributed by atoms with Crippen molar-refractivity contribution in [1.29, 1.82) is 0 Å². The number of carbonyl (C=O) groups excluding carboxylic acids is 2. The second-order valence-electron chi connectivity index (χ2n) is 3.67. The molecule has 0 saturated carbocycles. The molecule has 1 atom stereocenters. The zero-order valence-corrected chi connectivity index (χ0v) is 11.0. The Labute approximate surface area is 110 Å². The Morgan fingerprint density at radius 3 is 2.47 bits per heavy atom. The molecular formula is C12H12Cl2O3. The van der Waals surface area contributed by atoms with Gasteiger partial charge in [-0.15, -0.1) is 0 Å². The van der Waals surface area contributed by atoms with Gasteiger partial charge in [0.15, 0.2) is 5.78 Å². The topological polar surface area (TPSA) is 43.4 Å². The number of ether oxygens (including phenoxy) is 1. The van der Waals surface area contributed by atoms with E-state index in [4.69, 9.17) is 23.2 Å². The fourth-order valence-electron chi connectivity index (χ4n) is 1.36. The van der Waals surface area contributed by atoms with Gasteiger partial charge < -0.3 is 4.74 Å². The normalized spacial score (nSPS) is 12.0. The molecule has 1 rings (SSSR count). The molecule has 92 valence electrons. The lowest BCUT2D eigenvalue weighted by Crippen LogP contribution is -2.16. The van der Waals surface area contributed by atoms with Gasteiger partial charge in [-0.05, 0) is 18.2 Å². The quantitative estimate of drug-likeness (QED) is 0.625. The Morgan fingerprint density at radius 2 is 1.94 bits per heavy atom. The number of hydrogen-bond acceptors (Lipinski definition) is 3. The zero-order valence-electron chi connectivity index (χ0n) is 9.50. The van der Waals surface area contributed by atoms with Crippen LogP contribution in [0.25, 0.3) is 0 Å². The van der Waals surface area contributed by atoms with Crippen molar-refractivity contribution >= 4 is 35.0 Å². The summed E-state index contributed by atoms with van der Waals surface area (Å²) in [4.78, 5) is 23.0. The second-order valence-corrected chi connectivity index (χ2v) is 4.49. The SMILES string of the molecule is COC(=O)CC(C)C(=O)c1ccc(Cl)c(Cl)c1. The Balaban J connectivity index is 2.81. The Morgan fingerprint density at radius 1 is 1.29 bits per heavy atom. The minimum absolute atomic E-state index is 0.0512. The van der Waals surface area contributed by atoms with Gasteiger partial charge >= 0.3 is 5.97 Å². The van der Waals surface area contributed by atoms with Crippen LogP contribution < -0.4 is 0 Å². The number of methoxy groups -OCH3 is 1. The maximum atomic E-state index is 12.0. The summed E-state index contributed by atoms with van der Waals surface area (Å²) in [6.45, 7) is 1.67. The van der Waals surface area contributed by atoms with Crippen molar-refractivity contribution in [2.45, 2.75) is 13.3 Å². The van der Waals surface area contributed by atoms with Gasteiger partial charge in [-0.1, -0.05) is 30.1 Å². The summed E-state index contributed by atoms with van der Waals surface area (Å²) in [6, 6.07) is 4.65. The molecule has 1 aromatic rings. The van der Waals surface area contributed by atoms with E-state index in [9.17, 15) is 9.59 Å². The summed E-state index contributed by atoms with van der Waals surface area (Å²) in [6.07, 6.45) is 0.0512. The van der Waals surface area contributed by atoms with E-state index in [-0.39, 0.29) is 12.2 Å². The van der Waals surface area contributed by atoms with E-state index in [1.807, 2.05) is 0 Å². The van der Waals surface area contributed by atoms with E-state index >= 15 is 0 Å². The molecule has 3 nitrogen and oxygen atoms in total. The highest BCUT2D eigenvalue weighted by molar-refractivity contribution is 6.42. The van der Waals surface area contributed by atoms with Crippen molar-refractivity contribution in [3.63, 3.8) is 0 Å². The summed E-state index contributed by atoms with van der Waals surface area (Å²) in [7, 11) is 1.29. The minimum Gasteiger partial charge on any atom is -0.469 e. The van der Waals surface area contributed by atoms with Crippen LogP contribution in [0, 0.1) is 5.92 Å². The number of Topliss-reactive ketones (excluding diaryl/α,β-unsaturated/α-hetero) is 1. The number of halogens is 2. The van der Waals surface area contributed by atoms with E-state index in [0.29, 0.717) is 15.6 Å². The largest absolute Gasteiger partial charge is 0.469 e. The van der Waals surface area contributed by atoms with Gasteiger partial charge in [0.1, 0.15) is 0 Å². The van der Waals surface area contributed by atoms with E-state index in [1.54, 1.807) is 19.1 Å². The van der Waals surface area contributed by atoms with Crippen molar-refractivity contribution < 1.29 is 14.3 Å². The third kappa shape index (κ3) is 3.72. The Hall–Kier alpha value is -1.06. The summed E-state index contributed by atoms with van der Waals surface area (Å²) >= 11 is 11.6. The van der Waals surface area contributed by atoms with Gasteiger partial charge in [0.05, 0.1) is 23.6 Å². The highest BCUT2D eigenvalue weighted by Crippen LogP contribution is 2.24. The smallest absolute Gasteiger partial charge is 0.306 e. The highest BCUT2D eigenvalue weighted by Gasteiger charge is 2.19. The van der Waals surface area contributed by atoms with Gasteiger partial charge in [0.2, 0.25) is 0 Å². The van der Waals surface area contributed by atoms with E-state index in [1.165, 1.54) is 13.2 Å². The van der Waals surface area contributed by atoms with Crippen LogP contribution in [0.15, 0.2) is 18.2 Å². The van der Waals surface area contributed by atoms with Crippen molar-refractivity contribution in [2.24, 2.45) is 5.92 Å². The third-order valence-corrected chi connectivity index (χ3v) is 3.09. The molecule has 0 aliphatic carbocycles. The van der Waals surface area contributed by atoms with E-state index in [2.05, 4.69) is 4.74 Å². The molecule has 1 unspecified atom stereocenters. The molecular weight excluding hydrogens is 263 g/mol. The van der Waals surface area contributed by atoms with Gasteiger partial charge in [-0.25, -0.2) is 0 Å². The molecule has 5 heteroatoms. The standard InChI is InChI=1S/C12H12Cl2O3/c1-7(5-11(15)17-2)12(16)8-3-4-9(13)10(14)6-8/h3-4,6-7H,5H2,1-2H3. The highest BCUT2D eigenvalue weighted by atomic mass is 35.5. The molecule has 1 aromatic carbocycles. The first-order chi connectivity index (χ1) is 7.95. The fraction of sp³-hybridized carbons (Fsp3) is 0.333. The van der Waals surface area contributed by atoms with Crippen molar-refractivity contribution in [3.8, 4) is 0 Å². The summed E-state index contributed by atoms with van der Waals surface area (Å²) in [5.74, 6) is -1.01. The van der Waals surface area contributed by atoms with Crippen molar-refractivity contribution in [2.75, 3.05) is 7.11 Å². The van der Waals surface area contributed by atoms with Crippen LogP contribution in [0.4, 0.5) is 0 Å². The number of benzene rings is 1. The first-order valence-electron chi connectivity index (χ1n) is 5.01. The van der Waals surface area contributed by atoms with Crippen molar-refractivity contribution in [1.82, 2.24) is 0 Å². The van der Waals surface area contributed by atoms with E-state index in [0.717, 1.165) is 0 Å². The Kier molecular flexibility index (Phi) is 4.97. The maximum Gasteiger partial charge on any atom is 0.306 e. The van der Waals surface area contributed by atoms with Gasteiger partial charge in [0.25, 0.3) is 0 Å². The lowest BCUT2D eigenvalue weighted by molar-refractivity contribution is -0.141. The molecule has 0 spiro atoms. The predicted octanol–water partition coefficient (Wildman–Crippen LogP) is 3.38. The second kappa shape index (κ2) is 6.03. The summed E-state index contributed by atoms with van der Waals surface area (Å²) in [5.41, 5.74) is 0.441. The van der Waals surface area contributed by atoms with Crippen LogP contribution in [0.2, 0.25) is 10.0 Å². The number of esters is 1. The molecule has 0 radical (unpaired) electrons. The molecule has 0 amide bonds. The number of rotatable bonds is 4. The molecule has 0 aliphatic heterocycles. The van der Waals surface area contributed by atoms with Gasteiger partial charge in [0, 0.05) is 11.5 Å².